The van der Waals surface area contributed by atoms with Crippen LogP contribution in [0, 0.1) is 0 Å². The number of carboxylic acid groups (broad SMARTS) is 1. The van der Waals surface area contributed by atoms with Gasteiger partial charge in [-0.1, -0.05) is 180 Å². The molecule has 0 aliphatic heterocycles. The van der Waals surface area contributed by atoms with Gasteiger partial charge in [-0.25, -0.2) is 0 Å². The fourth-order valence-corrected chi connectivity index (χ4v) is 5.99. The number of hydrogen-bond acceptors (Lipinski definition) is 3. The van der Waals surface area contributed by atoms with Crippen molar-refractivity contribution in [3.8, 4) is 0 Å². The molecular formula is C38H74O4. The van der Waals surface area contributed by atoms with Crippen LogP contribution in [0.2, 0.25) is 0 Å². The fraction of sp³-hybridized carbons (Fsp3) is 0.947. The van der Waals surface area contributed by atoms with E-state index < -0.39 is 5.97 Å². The van der Waals surface area contributed by atoms with Gasteiger partial charge >= 0.3 is 11.9 Å². The minimum atomic E-state index is -0.661. The van der Waals surface area contributed by atoms with Gasteiger partial charge in [0.25, 0.3) is 0 Å². The zero-order valence-corrected chi connectivity index (χ0v) is 28.6. The second kappa shape index (κ2) is 34.4. The Balaban J connectivity index is 3.26. The van der Waals surface area contributed by atoms with Gasteiger partial charge in [0, 0.05) is 12.8 Å². The summed E-state index contributed by atoms with van der Waals surface area (Å²) in [6.45, 7) is 4.34. The summed E-state index contributed by atoms with van der Waals surface area (Å²) in [5, 5.41) is 8.64. The summed E-state index contributed by atoms with van der Waals surface area (Å²) in [5.74, 6) is -0.651. The highest BCUT2D eigenvalue weighted by Crippen LogP contribution is 2.16. The summed E-state index contributed by atoms with van der Waals surface area (Å²) in [6.07, 6.45) is 41.1. The van der Waals surface area contributed by atoms with Crippen molar-refractivity contribution >= 4 is 11.9 Å². The topological polar surface area (TPSA) is 63.6 Å². The van der Waals surface area contributed by atoms with Crippen LogP contribution in [0.15, 0.2) is 0 Å². The minimum Gasteiger partial charge on any atom is -0.481 e. The van der Waals surface area contributed by atoms with Crippen LogP contribution >= 0.6 is 0 Å². The van der Waals surface area contributed by atoms with Crippen LogP contribution in [-0.2, 0) is 14.3 Å². The summed E-state index contributed by atoms with van der Waals surface area (Å²) in [7, 11) is 0. The Morgan fingerprint density at radius 2 is 0.738 bits per heavy atom. The second-order valence-corrected chi connectivity index (χ2v) is 13.2. The third-order valence-corrected chi connectivity index (χ3v) is 8.82. The highest BCUT2D eigenvalue weighted by Gasteiger charge is 2.09. The molecule has 0 fully saturated rings. The lowest BCUT2D eigenvalue weighted by molar-refractivity contribution is -0.148. The van der Waals surface area contributed by atoms with Gasteiger partial charge in [0.15, 0.2) is 0 Å². The van der Waals surface area contributed by atoms with E-state index >= 15 is 0 Å². The van der Waals surface area contributed by atoms with Crippen LogP contribution in [0.1, 0.15) is 226 Å². The van der Waals surface area contributed by atoms with Crippen LogP contribution in [0.25, 0.3) is 0 Å². The Hall–Kier alpha value is -1.06. The van der Waals surface area contributed by atoms with Crippen molar-refractivity contribution in [3.63, 3.8) is 0 Å². The second-order valence-electron chi connectivity index (χ2n) is 13.2. The molecule has 0 saturated carbocycles. The standard InChI is InChI=1S/C38H74O4/c1-3-4-5-6-7-8-9-15-20-23-26-29-32-35-38(41)42-36(2)33-30-27-24-21-18-16-13-11-10-12-14-17-19-22-25-28-31-34-37(39)40/h36H,3-35H2,1-2H3,(H,39,40). The third kappa shape index (κ3) is 35.1. The Morgan fingerprint density at radius 3 is 1.07 bits per heavy atom. The first-order chi connectivity index (χ1) is 20.6. The first-order valence-electron chi connectivity index (χ1n) is 19.0. The Kier molecular flexibility index (Phi) is 33.6. The number of rotatable bonds is 35. The van der Waals surface area contributed by atoms with E-state index in [0.29, 0.717) is 12.8 Å². The maximum atomic E-state index is 12.1. The molecule has 0 radical (unpaired) electrons. The number of carbonyl (C=O) groups excluding carboxylic acids is 1. The van der Waals surface area contributed by atoms with Crippen molar-refractivity contribution in [2.24, 2.45) is 0 Å². The van der Waals surface area contributed by atoms with E-state index in [-0.39, 0.29) is 12.1 Å². The van der Waals surface area contributed by atoms with E-state index in [9.17, 15) is 9.59 Å². The molecule has 0 aliphatic carbocycles. The number of hydrogen-bond donors (Lipinski definition) is 1. The van der Waals surface area contributed by atoms with Crippen LogP contribution in [0.3, 0.4) is 0 Å². The molecule has 0 aliphatic rings. The maximum Gasteiger partial charge on any atom is 0.306 e. The van der Waals surface area contributed by atoms with E-state index in [1.807, 2.05) is 0 Å². The average molecular weight is 595 g/mol. The van der Waals surface area contributed by atoms with Gasteiger partial charge in [-0.3, -0.25) is 9.59 Å². The van der Waals surface area contributed by atoms with Crippen molar-refractivity contribution in [2.45, 2.75) is 232 Å². The van der Waals surface area contributed by atoms with Crippen LogP contribution in [0.5, 0.6) is 0 Å². The zero-order chi connectivity index (χ0) is 30.8. The molecule has 1 atom stereocenters. The first kappa shape index (κ1) is 40.9. The SMILES string of the molecule is CCCCCCCCCCCCCCCC(=O)OC(C)CCCCCCCCCCCCCCCCCCCC(=O)O. The molecule has 42 heavy (non-hydrogen) atoms. The normalized spacial score (nSPS) is 12.0. The summed E-state index contributed by atoms with van der Waals surface area (Å²) in [4.78, 5) is 22.6. The van der Waals surface area contributed by atoms with Gasteiger partial charge in [-0.2, -0.15) is 0 Å². The molecule has 250 valence electrons. The molecule has 4 heteroatoms. The quantitative estimate of drug-likeness (QED) is 0.0585. The number of esters is 1. The van der Waals surface area contributed by atoms with Crippen molar-refractivity contribution in [2.75, 3.05) is 0 Å². The predicted octanol–water partition coefficient (Wildman–Crippen LogP) is 12.9. The minimum absolute atomic E-state index is 0.00976. The summed E-state index contributed by atoms with van der Waals surface area (Å²) in [5.41, 5.74) is 0. The van der Waals surface area contributed by atoms with E-state index in [1.54, 1.807) is 0 Å². The Morgan fingerprint density at radius 1 is 0.452 bits per heavy atom. The zero-order valence-electron chi connectivity index (χ0n) is 28.6. The molecule has 4 nitrogen and oxygen atoms in total. The van der Waals surface area contributed by atoms with Crippen LogP contribution in [0.4, 0.5) is 0 Å². The van der Waals surface area contributed by atoms with Crippen LogP contribution < -0.4 is 0 Å². The molecule has 0 heterocycles. The lowest BCUT2D eigenvalue weighted by Gasteiger charge is -2.13. The Labute approximate surface area is 262 Å². The summed E-state index contributed by atoms with van der Waals surface area (Å²) < 4.78 is 5.64. The van der Waals surface area contributed by atoms with E-state index in [0.717, 1.165) is 25.7 Å². The highest BCUT2D eigenvalue weighted by molar-refractivity contribution is 5.69. The molecule has 1 N–H and O–H groups in total. The molecule has 0 aromatic carbocycles. The van der Waals surface area contributed by atoms with E-state index in [2.05, 4.69) is 13.8 Å². The molecule has 0 amide bonds. The average Bonchev–Trinajstić information content (AvgIpc) is 2.96. The highest BCUT2D eigenvalue weighted by atomic mass is 16.5. The van der Waals surface area contributed by atoms with Crippen molar-refractivity contribution < 1.29 is 19.4 Å². The number of carbonyl (C=O) groups is 2. The van der Waals surface area contributed by atoms with E-state index in [1.165, 1.54) is 173 Å². The van der Waals surface area contributed by atoms with Crippen molar-refractivity contribution in [3.05, 3.63) is 0 Å². The van der Waals surface area contributed by atoms with Gasteiger partial charge in [0.2, 0.25) is 0 Å². The first-order valence-corrected chi connectivity index (χ1v) is 19.0. The van der Waals surface area contributed by atoms with Crippen molar-refractivity contribution in [1.29, 1.82) is 0 Å². The lowest BCUT2D eigenvalue weighted by atomic mass is 10.0. The molecule has 1 unspecified atom stereocenters. The smallest absolute Gasteiger partial charge is 0.306 e. The largest absolute Gasteiger partial charge is 0.481 e. The summed E-state index contributed by atoms with van der Waals surface area (Å²) in [6, 6.07) is 0. The van der Waals surface area contributed by atoms with Crippen LogP contribution in [-0.4, -0.2) is 23.1 Å². The van der Waals surface area contributed by atoms with E-state index in [4.69, 9.17) is 9.84 Å². The van der Waals surface area contributed by atoms with Gasteiger partial charge in [0.05, 0.1) is 6.10 Å². The monoisotopic (exact) mass is 595 g/mol. The molecule has 0 bridgehead atoms. The number of unbranched alkanes of at least 4 members (excludes halogenated alkanes) is 28. The third-order valence-electron chi connectivity index (χ3n) is 8.82. The Bertz CT molecular complexity index is 561. The van der Waals surface area contributed by atoms with Gasteiger partial charge in [-0.15, -0.1) is 0 Å². The number of carboxylic acids is 1. The molecule has 0 aromatic heterocycles. The number of ether oxygens (including phenoxy) is 1. The fourth-order valence-electron chi connectivity index (χ4n) is 5.99. The lowest BCUT2D eigenvalue weighted by Crippen LogP contribution is -2.14. The van der Waals surface area contributed by atoms with Gasteiger partial charge < -0.3 is 9.84 Å². The number of aliphatic carboxylic acids is 1. The molecule has 0 rings (SSSR count). The summed E-state index contributed by atoms with van der Waals surface area (Å²) >= 11 is 0. The molecule has 0 spiro atoms. The van der Waals surface area contributed by atoms with Gasteiger partial charge in [-0.05, 0) is 32.6 Å². The van der Waals surface area contributed by atoms with Gasteiger partial charge in [0.1, 0.15) is 0 Å². The molecular weight excluding hydrogens is 520 g/mol. The molecule has 0 saturated heterocycles. The predicted molar refractivity (Wildman–Crippen MR) is 181 cm³/mol. The molecule has 0 aromatic rings. The maximum absolute atomic E-state index is 12.1. The van der Waals surface area contributed by atoms with Crippen molar-refractivity contribution in [1.82, 2.24) is 0 Å².